The maximum Gasteiger partial charge on any atom is 0.320 e. The molecule has 3 aliphatic rings. The third-order valence-corrected chi connectivity index (χ3v) is 8.40. The Bertz CT molecular complexity index is 1390. The molecule has 0 atom stereocenters. The Morgan fingerprint density at radius 3 is 2.48 bits per heavy atom. The first kappa shape index (κ1) is 26.8. The summed E-state index contributed by atoms with van der Waals surface area (Å²) in [5.41, 5.74) is 1.53. The molecule has 0 unspecified atom stereocenters. The monoisotopic (exact) mass is 561 g/mol. The van der Waals surface area contributed by atoms with Crippen LogP contribution >= 0.6 is 11.8 Å². The van der Waals surface area contributed by atoms with Gasteiger partial charge in [-0.2, -0.15) is 5.10 Å². The van der Waals surface area contributed by atoms with Crippen LogP contribution in [0.15, 0.2) is 46.5 Å². The van der Waals surface area contributed by atoms with E-state index in [1.165, 1.54) is 11.8 Å². The number of likely N-dealkylation sites (N-methyl/N-ethyl adjacent to an activating group) is 1. The van der Waals surface area contributed by atoms with Crippen molar-refractivity contribution in [2.75, 3.05) is 43.9 Å². The molecule has 1 aliphatic heterocycles. The number of benzene rings is 1. The molecule has 2 N–H and O–H groups in total. The number of aryl methyl sites for hydroxylation is 1. The van der Waals surface area contributed by atoms with E-state index in [2.05, 4.69) is 20.4 Å². The molecule has 0 radical (unpaired) electrons. The molecule has 1 saturated heterocycles. The van der Waals surface area contributed by atoms with Gasteiger partial charge in [0.05, 0.1) is 19.6 Å². The van der Waals surface area contributed by atoms with E-state index >= 15 is 0 Å². The Hall–Kier alpha value is -3.44. The second-order valence-corrected chi connectivity index (χ2v) is 12.6. The minimum atomic E-state index is -0.452. The molecular formula is C29H35N7O3S. The van der Waals surface area contributed by atoms with Gasteiger partial charge < -0.3 is 15.0 Å². The van der Waals surface area contributed by atoms with Gasteiger partial charge in [-0.15, -0.1) is 0 Å². The number of esters is 1. The lowest BCUT2D eigenvalue weighted by molar-refractivity contribution is -0.166. The lowest BCUT2D eigenvalue weighted by Crippen LogP contribution is -2.66. The fraction of sp³-hybridized carbons (Fsp3) is 0.483. The molecule has 40 heavy (non-hydrogen) atoms. The number of nitrogens with zero attached hydrogens (tertiary/aromatic N) is 5. The van der Waals surface area contributed by atoms with Gasteiger partial charge >= 0.3 is 5.97 Å². The summed E-state index contributed by atoms with van der Waals surface area (Å²) in [5.74, 6) is 2.92. The third-order valence-electron chi connectivity index (χ3n) is 7.52. The number of hydrogen-bond acceptors (Lipinski definition) is 10. The summed E-state index contributed by atoms with van der Waals surface area (Å²) < 4.78 is 6.05. The van der Waals surface area contributed by atoms with Crippen molar-refractivity contribution in [2.24, 2.45) is 11.8 Å². The van der Waals surface area contributed by atoms with Gasteiger partial charge in [-0.05, 0) is 76.2 Å². The zero-order chi connectivity index (χ0) is 27.9. The highest BCUT2D eigenvalue weighted by Gasteiger charge is 2.56. The molecule has 0 spiro atoms. The largest absolute Gasteiger partial charge is 0.454 e. The van der Waals surface area contributed by atoms with Crippen molar-refractivity contribution >= 4 is 41.0 Å². The Kier molecular flexibility index (Phi) is 7.26. The van der Waals surface area contributed by atoms with Crippen molar-refractivity contribution in [2.45, 2.75) is 54.7 Å². The third kappa shape index (κ3) is 6.31. The lowest BCUT2D eigenvalue weighted by Gasteiger charge is -2.50. The fourth-order valence-corrected chi connectivity index (χ4v) is 5.89. The Morgan fingerprint density at radius 2 is 1.85 bits per heavy atom. The van der Waals surface area contributed by atoms with Gasteiger partial charge in [0.2, 0.25) is 0 Å². The van der Waals surface area contributed by atoms with Crippen LogP contribution in [0.3, 0.4) is 0 Å². The SMILES string of the molecule is Cc1cc(Nc2cc(N3CC(OC(=O)CN(C)C)(C4CC4)C3)nc(Sc3ccc(CC(=O)C4CC4)cc3)n2)n[nH]1. The molecule has 1 aromatic carbocycles. The first-order valence-electron chi connectivity index (χ1n) is 13.8. The number of carbonyl (C=O) groups is 2. The van der Waals surface area contributed by atoms with E-state index in [0.29, 0.717) is 48.0 Å². The molecule has 10 nitrogen and oxygen atoms in total. The molecule has 2 aromatic heterocycles. The summed E-state index contributed by atoms with van der Waals surface area (Å²) in [5, 5.41) is 11.1. The molecule has 0 amide bonds. The van der Waals surface area contributed by atoms with Crippen LogP contribution in [0.25, 0.3) is 0 Å². The van der Waals surface area contributed by atoms with Crippen LogP contribution in [-0.2, 0) is 20.7 Å². The number of hydrogen-bond donors (Lipinski definition) is 2. The molecule has 2 aliphatic carbocycles. The number of ether oxygens (including phenoxy) is 1. The normalized spacial score (nSPS) is 17.9. The van der Waals surface area contributed by atoms with Crippen molar-refractivity contribution < 1.29 is 14.3 Å². The Balaban J connectivity index is 1.19. The zero-order valence-corrected chi connectivity index (χ0v) is 24.0. The van der Waals surface area contributed by atoms with Crippen LogP contribution in [-0.4, -0.2) is 76.1 Å². The first-order valence-corrected chi connectivity index (χ1v) is 14.7. The second-order valence-electron chi connectivity index (χ2n) is 11.5. The van der Waals surface area contributed by atoms with Gasteiger partial charge in [0, 0.05) is 41.0 Å². The molecule has 3 fully saturated rings. The molecule has 3 aromatic rings. The van der Waals surface area contributed by atoms with Crippen LogP contribution in [0.1, 0.15) is 36.9 Å². The summed E-state index contributed by atoms with van der Waals surface area (Å²) in [6.45, 7) is 3.45. The van der Waals surface area contributed by atoms with Gasteiger partial charge in [-0.25, -0.2) is 9.97 Å². The summed E-state index contributed by atoms with van der Waals surface area (Å²) in [6, 6.07) is 11.9. The van der Waals surface area contributed by atoms with Gasteiger partial charge in [-0.3, -0.25) is 19.6 Å². The maximum atomic E-state index is 12.5. The number of ketones is 1. The minimum Gasteiger partial charge on any atom is -0.454 e. The van der Waals surface area contributed by atoms with E-state index in [1.807, 2.05) is 62.3 Å². The van der Waals surface area contributed by atoms with Crippen LogP contribution in [0.4, 0.5) is 17.5 Å². The highest BCUT2D eigenvalue weighted by molar-refractivity contribution is 7.99. The number of rotatable bonds is 12. The summed E-state index contributed by atoms with van der Waals surface area (Å²) >= 11 is 1.47. The van der Waals surface area contributed by atoms with E-state index in [4.69, 9.17) is 14.7 Å². The predicted octanol–water partition coefficient (Wildman–Crippen LogP) is 4.00. The van der Waals surface area contributed by atoms with Gasteiger partial charge in [0.1, 0.15) is 23.0 Å². The molecular weight excluding hydrogens is 526 g/mol. The van der Waals surface area contributed by atoms with Crippen molar-refractivity contribution in [3.05, 3.63) is 47.7 Å². The molecule has 11 heteroatoms. The summed E-state index contributed by atoms with van der Waals surface area (Å²) in [6.07, 6.45) is 4.73. The highest BCUT2D eigenvalue weighted by atomic mass is 32.2. The van der Waals surface area contributed by atoms with Crippen molar-refractivity contribution in [1.29, 1.82) is 0 Å². The smallest absolute Gasteiger partial charge is 0.320 e. The quantitative estimate of drug-likeness (QED) is 0.248. The fourth-order valence-electron chi connectivity index (χ4n) is 5.12. The highest BCUT2D eigenvalue weighted by Crippen LogP contribution is 2.48. The molecule has 210 valence electrons. The Labute approximate surface area is 238 Å². The van der Waals surface area contributed by atoms with Crippen molar-refractivity contribution in [3.63, 3.8) is 0 Å². The number of aromatic nitrogens is 4. The average Bonchev–Trinajstić information content (AvgIpc) is 3.80. The van der Waals surface area contributed by atoms with Gasteiger partial charge in [0.25, 0.3) is 0 Å². The number of aromatic amines is 1. The van der Waals surface area contributed by atoms with E-state index in [0.717, 1.165) is 47.7 Å². The summed E-state index contributed by atoms with van der Waals surface area (Å²) in [4.78, 5) is 39.3. The average molecular weight is 562 g/mol. The second kappa shape index (κ2) is 10.9. The van der Waals surface area contributed by atoms with Crippen LogP contribution in [0.2, 0.25) is 0 Å². The number of carbonyl (C=O) groups excluding carboxylic acids is 2. The minimum absolute atomic E-state index is 0.186. The molecule has 6 rings (SSSR count). The van der Waals surface area contributed by atoms with Crippen LogP contribution in [0.5, 0.6) is 0 Å². The zero-order valence-electron chi connectivity index (χ0n) is 23.1. The number of H-pyrrole nitrogens is 1. The standard InChI is InChI=1S/C29H35N7O3S/c1-18-12-25(34-33-18)30-24-14-26(36-16-29(17-36,21-8-9-21)39-27(38)15-35(2)3)32-28(31-24)40-22-10-4-19(5-11-22)13-23(37)20-6-7-20/h4-5,10-12,14,20-21H,6-9,13,15-17H2,1-3H3,(H2,30,31,32,33,34). The predicted molar refractivity (Wildman–Crippen MR) is 153 cm³/mol. The molecule has 0 bridgehead atoms. The van der Waals surface area contributed by atoms with Crippen molar-refractivity contribution in [3.8, 4) is 0 Å². The van der Waals surface area contributed by atoms with Gasteiger partial charge in [0.15, 0.2) is 11.0 Å². The number of Topliss-reactive ketones (excluding diaryl/α,β-unsaturated/α-hetero) is 1. The molecule has 2 saturated carbocycles. The topological polar surface area (TPSA) is 116 Å². The van der Waals surface area contributed by atoms with Gasteiger partial charge in [-0.1, -0.05) is 12.1 Å². The Morgan fingerprint density at radius 1 is 1.10 bits per heavy atom. The lowest BCUT2D eigenvalue weighted by atomic mass is 9.88. The van der Waals surface area contributed by atoms with E-state index in [9.17, 15) is 9.59 Å². The van der Waals surface area contributed by atoms with E-state index < -0.39 is 5.60 Å². The maximum absolute atomic E-state index is 12.5. The number of anilines is 3. The van der Waals surface area contributed by atoms with Crippen LogP contribution in [0, 0.1) is 18.8 Å². The van der Waals surface area contributed by atoms with E-state index in [1.54, 1.807) is 0 Å². The number of nitrogens with one attached hydrogen (secondary N) is 2. The van der Waals surface area contributed by atoms with Crippen molar-refractivity contribution in [1.82, 2.24) is 25.1 Å². The first-order chi connectivity index (χ1) is 19.2. The van der Waals surface area contributed by atoms with E-state index in [-0.39, 0.29) is 18.4 Å². The molecule has 3 heterocycles. The summed E-state index contributed by atoms with van der Waals surface area (Å²) in [7, 11) is 3.74. The van der Waals surface area contributed by atoms with Crippen LogP contribution < -0.4 is 10.2 Å².